The minimum absolute atomic E-state index is 0.139. The van der Waals surface area contributed by atoms with E-state index < -0.39 is 0 Å². The Morgan fingerprint density at radius 3 is 2.92 bits per heavy atom. The molecule has 0 spiro atoms. The third-order valence-corrected chi connectivity index (χ3v) is 3.40. The highest BCUT2D eigenvalue weighted by atomic mass is 32.2. The van der Waals surface area contributed by atoms with Crippen molar-refractivity contribution >= 4 is 11.8 Å². The van der Waals surface area contributed by atoms with Crippen molar-refractivity contribution in [2.24, 2.45) is 0 Å². The fourth-order valence-corrected chi connectivity index (χ4v) is 3.01. The van der Waals surface area contributed by atoms with Gasteiger partial charge in [0.2, 0.25) is 5.37 Å². The van der Waals surface area contributed by atoms with Crippen molar-refractivity contribution in [3.8, 4) is 0 Å². The lowest BCUT2D eigenvalue weighted by Gasteiger charge is -2.07. The Morgan fingerprint density at radius 1 is 1.67 bits per heavy atom. The van der Waals surface area contributed by atoms with E-state index in [2.05, 4.69) is 5.27 Å². The first kappa shape index (κ1) is 7.91. The van der Waals surface area contributed by atoms with Gasteiger partial charge in [-0.3, -0.25) is 4.52 Å². The monoisotopic (exact) mass is 187 g/mol. The van der Waals surface area contributed by atoms with Crippen LogP contribution in [0.2, 0.25) is 0 Å². The van der Waals surface area contributed by atoms with Crippen LogP contribution in [0.15, 0.2) is 9.32 Å². The standard InChI is InChI=1S/C7H10N2O2S/c1-4-9-5(6(10)11-8-9)7(2,3)12-4/h4H,1-3H3/p+1. The summed E-state index contributed by atoms with van der Waals surface area (Å²) in [4.78, 5) is 11.2. The number of thioether (sulfide) groups is 1. The summed E-state index contributed by atoms with van der Waals surface area (Å²) in [5.74, 6) is 0. The van der Waals surface area contributed by atoms with E-state index in [1.54, 1.807) is 16.4 Å². The summed E-state index contributed by atoms with van der Waals surface area (Å²) in [5, 5.41) is 2.85. The molecule has 1 N–H and O–H groups in total. The zero-order valence-electron chi connectivity index (χ0n) is 7.25. The normalized spacial score (nSPS) is 25.8. The van der Waals surface area contributed by atoms with Gasteiger partial charge < -0.3 is 0 Å². The molecule has 0 radical (unpaired) electrons. The Bertz CT molecular complexity index is 366. The van der Waals surface area contributed by atoms with Crippen LogP contribution in [0.5, 0.6) is 0 Å². The Kier molecular flexibility index (Phi) is 1.42. The second-order valence-corrected chi connectivity index (χ2v) is 5.37. The lowest BCUT2D eigenvalue weighted by molar-refractivity contribution is -0.764. The number of fused-ring (bicyclic) bond motifs is 1. The third kappa shape index (κ3) is 0.857. The topological polar surface area (TPSA) is 49.9 Å². The number of nitrogens with one attached hydrogen (secondary N) is 1. The molecule has 66 valence electrons. The van der Waals surface area contributed by atoms with Gasteiger partial charge in [0, 0.05) is 6.92 Å². The average Bonchev–Trinajstić information content (AvgIpc) is 2.38. The van der Waals surface area contributed by atoms with Crippen molar-refractivity contribution in [3.63, 3.8) is 0 Å². The minimum atomic E-state index is -0.253. The third-order valence-electron chi connectivity index (χ3n) is 2.07. The average molecular weight is 187 g/mol. The number of aromatic nitrogens is 2. The smallest absolute Gasteiger partial charge is 0.283 e. The van der Waals surface area contributed by atoms with Gasteiger partial charge in [-0.25, -0.2) is 4.79 Å². The SMILES string of the molecule is CC1SC(C)(C)c2c(=O)o[nH][n+]21. The maximum atomic E-state index is 11.2. The molecule has 0 aliphatic carbocycles. The van der Waals surface area contributed by atoms with Crippen LogP contribution in [-0.4, -0.2) is 5.27 Å². The van der Waals surface area contributed by atoms with E-state index in [9.17, 15) is 4.79 Å². The van der Waals surface area contributed by atoms with E-state index in [0.29, 0.717) is 0 Å². The van der Waals surface area contributed by atoms with E-state index in [0.717, 1.165) is 5.69 Å². The molecule has 0 aromatic carbocycles. The molecule has 0 saturated heterocycles. The van der Waals surface area contributed by atoms with Gasteiger partial charge in [0.05, 0.1) is 0 Å². The van der Waals surface area contributed by atoms with Crippen molar-refractivity contribution < 1.29 is 9.20 Å². The van der Waals surface area contributed by atoms with E-state index in [1.165, 1.54) is 0 Å². The Balaban J connectivity index is 2.69. The molecule has 4 nitrogen and oxygen atoms in total. The molecule has 1 aromatic heterocycles. The van der Waals surface area contributed by atoms with Crippen molar-refractivity contribution in [3.05, 3.63) is 16.1 Å². The first-order chi connectivity index (χ1) is 5.52. The minimum Gasteiger partial charge on any atom is -0.283 e. The molecule has 1 aliphatic heterocycles. The first-order valence-corrected chi connectivity index (χ1v) is 4.71. The van der Waals surface area contributed by atoms with Gasteiger partial charge in [-0.15, -0.1) is 0 Å². The number of nitrogens with zero attached hydrogens (tertiary/aromatic N) is 1. The Labute approximate surface area is 73.9 Å². The number of hydrogen-bond acceptors (Lipinski definition) is 3. The van der Waals surface area contributed by atoms with Gasteiger partial charge in [0.25, 0.3) is 0 Å². The lowest BCUT2D eigenvalue weighted by Crippen LogP contribution is -2.40. The molecular formula is C7H11N2O2S+. The summed E-state index contributed by atoms with van der Waals surface area (Å²) in [6.07, 6.45) is 0. The summed E-state index contributed by atoms with van der Waals surface area (Å²) in [6.45, 7) is 6.09. The van der Waals surface area contributed by atoms with Gasteiger partial charge in [-0.1, -0.05) is 16.4 Å². The predicted octanol–water partition coefficient (Wildman–Crippen LogP) is 0.756. The molecule has 0 amide bonds. The zero-order valence-corrected chi connectivity index (χ0v) is 8.07. The maximum absolute atomic E-state index is 11.2. The van der Waals surface area contributed by atoms with E-state index >= 15 is 0 Å². The number of H-pyrrole nitrogens is 1. The molecule has 0 fully saturated rings. The van der Waals surface area contributed by atoms with Crippen LogP contribution in [0.3, 0.4) is 0 Å². The van der Waals surface area contributed by atoms with Crippen molar-refractivity contribution in [2.45, 2.75) is 30.9 Å². The lowest BCUT2D eigenvalue weighted by atomic mass is 10.1. The summed E-state index contributed by atoms with van der Waals surface area (Å²) >= 11 is 1.74. The summed E-state index contributed by atoms with van der Waals surface area (Å²) in [6, 6.07) is 0. The van der Waals surface area contributed by atoms with Crippen LogP contribution in [-0.2, 0) is 4.75 Å². The molecule has 5 heteroatoms. The summed E-state index contributed by atoms with van der Waals surface area (Å²) in [7, 11) is 0. The second-order valence-electron chi connectivity index (χ2n) is 3.43. The van der Waals surface area contributed by atoms with Crippen LogP contribution < -0.4 is 10.3 Å². The van der Waals surface area contributed by atoms with E-state index in [1.807, 2.05) is 20.8 Å². The quantitative estimate of drug-likeness (QED) is 0.610. The zero-order chi connectivity index (χ0) is 8.93. The fourth-order valence-electron chi connectivity index (χ4n) is 1.61. The van der Waals surface area contributed by atoms with Crippen molar-refractivity contribution in [2.75, 3.05) is 0 Å². The van der Waals surface area contributed by atoms with E-state index in [4.69, 9.17) is 4.52 Å². The van der Waals surface area contributed by atoms with Gasteiger partial charge >= 0.3 is 11.3 Å². The fraction of sp³-hybridized carbons (Fsp3) is 0.714. The number of rotatable bonds is 0. The van der Waals surface area contributed by atoms with Crippen molar-refractivity contribution in [1.82, 2.24) is 5.27 Å². The molecule has 1 aromatic rings. The molecule has 0 saturated carbocycles. The second kappa shape index (κ2) is 2.16. The highest BCUT2D eigenvalue weighted by Gasteiger charge is 2.49. The summed E-state index contributed by atoms with van der Waals surface area (Å²) in [5.41, 5.74) is 0.469. The molecule has 1 atom stereocenters. The van der Waals surface area contributed by atoms with Crippen LogP contribution in [0.1, 0.15) is 31.8 Å². The van der Waals surface area contributed by atoms with Gasteiger partial charge in [-0.2, -0.15) is 0 Å². The number of aromatic amines is 1. The van der Waals surface area contributed by atoms with E-state index in [-0.39, 0.29) is 15.7 Å². The molecule has 0 bridgehead atoms. The molecule has 2 rings (SSSR count). The largest absolute Gasteiger partial charge is 0.431 e. The highest BCUT2D eigenvalue weighted by Crippen LogP contribution is 2.43. The van der Waals surface area contributed by atoms with Gasteiger partial charge in [-0.05, 0) is 19.1 Å². The van der Waals surface area contributed by atoms with Gasteiger partial charge in [0.1, 0.15) is 4.75 Å². The van der Waals surface area contributed by atoms with Crippen LogP contribution in [0, 0.1) is 0 Å². The highest BCUT2D eigenvalue weighted by molar-refractivity contribution is 8.00. The van der Waals surface area contributed by atoms with Crippen molar-refractivity contribution in [1.29, 1.82) is 0 Å². The molecule has 1 aliphatic rings. The Morgan fingerprint density at radius 2 is 2.33 bits per heavy atom. The number of hydrogen-bond donors (Lipinski definition) is 1. The Hall–Kier alpha value is -0.710. The summed E-state index contributed by atoms with van der Waals surface area (Å²) < 4.78 is 6.36. The predicted molar refractivity (Wildman–Crippen MR) is 44.9 cm³/mol. The van der Waals surface area contributed by atoms with Gasteiger partial charge in [0.15, 0.2) is 0 Å². The van der Waals surface area contributed by atoms with Crippen LogP contribution >= 0.6 is 11.8 Å². The molecular weight excluding hydrogens is 176 g/mol. The van der Waals surface area contributed by atoms with Crippen LogP contribution in [0.25, 0.3) is 0 Å². The first-order valence-electron chi connectivity index (χ1n) is 3.83. The molecule has 12 heavy (non-hydrogen) atoms. The molecule has 2 heterocycles. The van der Waals surface area contributed by atoms with Crippen LogP contribution in [0.4, 0.5) is 0 Å². The molecule has 1 unspecified atom stereocenters. The maximum Gasteiger partial charge on any atom is 0.431 e.